The summed E-state index contributed by atoms with van der Waals surface area (Å²) < 4.78 is 25.3. The summed E-state index contributed by atoms with van der Waals surface area (Å²) in [6, 6.07) is 7.96. The second-order valence-corrected chi connectivity index (χ2v) is 8.69. The molecule has 0 saturated heterocycles. The van der Waals surface area contributed by atoms with Crippen molar-refractivity contribution in [1.29, 1.82) is 0 Å². The molecule has 192 valence electrons. The molecular weight excluding hydrogens is 467 g/mol. The van der Waals surface area contributed by atoms with E-state index < -0.39 is 12.2 Å². The highest BCUT2D eigenvalue weighted by atomic mass is 19.1. The minimum atomic E-state index is -1.01. The number of aliphatic hydroxyl groups excluding tert-OH is 2. The normalized spacial score (nSPS) is 12.6. The zero-order valence-electron chi connectivity index (χ0n) is 20.8. The molecule has 0 bridgehead atoms. The summed E-state index contributed by atoms with van der Waals surface area (Å²) in [6.45, 7) is 5.40. The SMILES string of the molecule is C=C(C)c1cc(Nc2ncnc3cc(OC)c(OC[C@@H](O)C[C@@H](O)CC(=O)N(C)C)cc23)ccc1F. The van der Waals surface area contributed by atoms with Crippen molar-refractivity contribution in [2.75, 3.05) is 33.1 Å². The lowest BCUT2D eigenvalue weighted by molar-refractivity contribution is -0.131. The number of aliphatic hydroxyl groups is 2. The van der Waals surface area contributed by atoms with Crippen LogP contribution in [0, 0.1) is 5.82 Å². The average molecular weight is 499 g/mol. The third-order valence-corrected chi connectivity index (χ3v) is 5.49. The Morgan fingerprint density at radius 3 is 2.58 bits per heavy atom. The van der Waals surface area contributed by atoms with Crippen molar-refractivity contribution in [3.8, 4) is 11.5 Å². The first-order chi connectivity index (χ1) is 17.1. The van der Waals surface area contributed by atoms with Crippen LogP contribution in [0.3, 0.4) is 0 Å². The van der Waals surface area contributed by atoms with Gasteiger partial charge in [0.25, 0.3) is 0 Å². The van der Waals surface area contributed by atoms with Crippen molar-refractivity contribution in [3.05, 3.63) is 54.6 Å². The topological polar surface area (TPSA) is 117 Å². The van der Waals surface area contributed by atoms with E-state index in [9.17, 15) is 19.4 Å². The summed E-state index contributed by atoms with van der Waals surface area (Å²) in [6.07, 6.45) is -0.734. The van der Waals surface area contributed by atoms with E-state index in [1.807, 2.05) is 0 Å². The maximum Gasteiger partial charge on any atom is 0.224 e. The van der Waals surface area contributed by atoms with Gasteiger partial charge in [-0.3, -0.25) is 4.79 Å². The number of hydrogen-bond acceptors (Lipinski definition) is 8. The molecule has 0 saturated carbocycles. The quantitative estimate of drug-likeness (QED) is 0.368. The Bertz CT molecular complexity index is 1250. The first-order valence-electron chi connectivity index (χ1n) is 11.3. The maximum atomic E-state index is 14.1. The molecule has 36 heavy (non-hydrogen) atoms. The Hall–Kier alpha value is -3.76. The van der Waals surface area contributed by atoms with Gasteiger partial charge in [0.1, 0.15) is 24.6 Å². The van der Waals surface area contributed by atoms with E-state index in [-0.39, 0.29) is 31.2 Å². The monoisotopic (exact) mass is 498 g/mol. The smallest absolute Gasteiger partial charge is 0.224 e. The van der Waals surface area contributed by atoms with Crippen molar-refractivity contribution < 1.29 is 28.9 Å². The molecule has 9 nitrogen and oxygen atoms in total. The molecule has 0 spiro atoms. The summed E-state index contributed by atoms with van der Waals surface area (Å²) in [5.41, 5.74) is 2.19. The van der Waals surface area contributed by atoms with Crippen LogP contribution in [0.25, 0.3) is 16.5 Å². The molecule has 0 aliphatic rings. The fourth-order valence-electron chi connectivity index (χ4n) is 3.54. The number of nitrogens with zero attached hydrogens (tertiary/aromatic N) is 3. The lowest BCUT2D eigenvalue weighted by Crippen LogP contribution is -2.30. The van der Waals surface area contributed by atoms with E-state index in [4.69, 9.17) is 9.47 Å². The molecule has 0 aliphatic carbocycles. The minimum absolute atomic E-state index is 0.0268. The molecule has 0 unspecified atom stereocenters. The predicted octanol–water partition coefficient (Wildman–Crippen LogP) is 3.52. The number of allylic oxidation sites excluding steroid dienone is 1. The van der Waals surface area contributed by atoms with Crippen LogP contribution < -0.4 is 14.8 Å². The molecule has 1 aromatic heterocycles. The standard InChI is InChI=1S/C26H31FN4O5/c1-15(2)19-8-16(6-7-21(19)27)30-26-20-11-24(23(35-5)12-22(20)28-14-29-26)36-13-18(33)9-17(32)10-25(34)31(3)4/h6-8,11-12,14,17-18,32-33H,1,9-10,13H2,2-5H3,(H,28,29,30)/t17-,18+/m1/s1. The van der Waals surface area contributed by atoms with Crippen LogP contribution in [0.15, 0.2) is 43.2 Å². The number of amides is 1. The maximum absolute atomic E-state index is 14.1. The Morgan fingerprint density at radius 1 is 1.17 bits per heavy atom. The third kappa shape index (κ3) is 6.67. The highest BCUT2D eigenvalue weighted by molar-refractivity contribution is 5.93. The molecule has 3 aromatic rings. The Kier molecular flexibility index (Phi) is 8.78. The summed E-state index contributed by atoms with van der Waals surface area (Å²) in [7, 11) is 4.69. The van der Waals surface area contributed by atoms with Gasteiger partial charge in [-0.25, -0.2) is 14.4 Å². The van der Waals surface area contributed by atoms with Gasteiger partial charge >= 0.3 is 0 Å². The van der Waals surface area contributed by atoms with Gasteiger partial charge in [0, 0.05) is 43.2 Å². The van der Waals surface area contributed by atoms with Gasteiger partial charge in [0.2, 0.25) is 5.91 Å². The largest absolute Gasteiger partial charge is 0.493 e. The number of fused-ring (bicyclic) bond motifs is 1. The van der Waals surface area contributed by atoms with Crippen LogP contribution in [0.5, 0.6) is 11.5 Å². The van der Waals surface area contributed by atoms with Gasteiger partial charge in [0.05, 0.1) is 31.3 Å². The highest BCUT2D eigenvalue weighted by Crippen LogP contribution is 2.35. The van der Waals surface area contributed by atoms with Crippen LogP contribution in [0.1, 0.15) is 25.3 Å². The number of anilines is 2. The van der Waals surface area contributed by atoms with Crippen molar-refractivity contribution >= 4 is 33.9 Å². The van der Waals surface area contributed by atoms with Crippen LogP contribution in [0.2, 0.25) is 0 Å². The van der Waals surface area contributed by atoms with Crippen molar-refractivity contribution in [1.82, 2.24) is 14.9 Å². The van der Waals surface area contributed by atoms with Gasteiger partial charge < -0.3 is 29.9 Å². The molecule has 3 rings (SSSR count). The second kappa shape index (κ2) is 11.8. The van der Waals surface area contributed by atoms with E-state index >= 15 is 0 Å². The Labute approximate surface area is 209 Å². The van der Waals surface area contributed by atoms with Gasteiger partial charge in [0.15, 0.2) is 11.5 Å². The molecule has 0 aliphatic heterocycles. The lowest BCUT2D eigenvalue weighted by Gasteiger charge is -2.19. The van der Waals surface area contributed by atoms with Gasteiger partial charge in [-0.15, -0.1) is 0 Å². The second-order valence-electron chi connectivity index (χ2n) is 8.69. The van der Waals surface area contributed by atoms with E-state index in [0.29, 0.717) is 45.0 Å². The molecule has 1 amide bonds. The summed E-state index contributed by atoms with van der Waals surface area (Å²) in [5, 5.41) is 24.2. The van der Waals surface area contributed by atoms with E-state index in [2.05, 4.69) is 21.9 Å². The predicted molar refractivity (Wildman–Crippen MR) is 136 cm³/mol. The molecule has 10 heteroatoms. The average Bonchev–Trinajstić information content (AvgIpc) is 2.83. The van der Waals surface area contributed by atoms with Crippen LogP contribution >= 0.6 is 0 Å². The van der Waals surface area contributed by atoms with Crippen molar-refractivity contribution in [2.24, 2.45) is 0 Å². The summed E-state index contributed by atoms with van der Waals surface area (Å²) in [4.78, 5) is 21.7. The van der Waals surface area contributed by atoms with E-state index in [0.717, 1.165) is 0 Å². The number of halogens is 1. The third-order valence-electron chi connectivity index (χ3n) is 5.49. The first kappa shape index (κ1) is 26.8. The molecule has 0 radical (unpaired) electrons. The van der Waals surface area contributed by atoms with Crippen molar-refractivity contribution in [3.63, 3.8) is 0 Å². The number of carbonyl (C=O) groups is 1. The molecular formula is C26H31FN4O5. The van der Waals surface area contributed by atoms with E-state index in [1.54, 1.807) is 45.3 Å². The molecule has 1 heterocycles. The molecule has 2 atom stereocenters. The fourth-order valence-corrected chi connectivity index (χ4v) is 3.54. The van der Waals surface area contributed by atoms with Crippen LogP contribution in [-0.2, 0) is 4.79 Å². The molecule has 2 aromatic carbocycles. The summed E-state index contributed by atoms with van der Waals surface area (Å²) in [5.74, 6) is 0.598. The number of hydrogen-bond donors (Lipinski definition) is 3. The van der Waals surface area contributed by atoms with Gasteiger partial charge in [-0.2, -0.15) is 0 Å². The number of rotatable bonds is 11. The zero-order valence-corrected chi connectivity index (χ0v) is 20.8. The van der Waals surface area contributed by atoms with Gasteiger partial charge in [-0.05, 0) is 36.8 Å². The highest BCUT2D eigenvalue weighted by Gasteiger charge is 2.19. The fraction of sp³-hybridized carbons (Fsp3) is 0.346. The van der Waals surface area contributed by atoms with Crippen molar-refractivity contribution in [2.45, 2.75) is 32.0 Å². The number of carbonyl (C=O) groups excluding carboxylic acids is 1. The Balaban J connectivity index is 1.80. The Morgan fingerprint density at radius 2 is 1.92 bits per heavy atom. The number of benzene rings is 2. The number of aromatic nitrogens is 2. The number of ether oxygens (including phenoxy) is 2. The minimum Gasteiger partial charge on any atom is -0.493 e. The summed E-state index contributed by atoms with van der Waals surface area (Å²) >= 11 is 0. The number of methoxy groups -OCH3 is 1. The molecule has 0 fully saturated rings. The molecule has 3 N–H and O–H groups in total. The first-order valence-corrected chi connectivity index (χ1v) is 11.3. The van der Waals surface area contributed by atoms with E-state index in [1.165, 1.54) is 24.4 Å². The van der Waals surface area contributed by atoms with Crippen LogP contribution in [0.4, 0.5) is 15.9 Å². The number of nitrogens with one attached hydrogen (secondary N) is 1. The van der Waals surface area contributed by atoms with Gasteiger partial charge in [-0.1, -0.05) is 6.58 Å². The zero-order chi connectivity index (χ0) is 26.4. The lowest BCUT2D eigenvalue weighted by atomic mass is 10.1. The van der Waals surface area contributed by atoms with Crippen LogP contribution in [-0.4, -0.2) is 71.0 Å².